The molecule has 0 heteroatoms. The molecule has 0 nitrogen and oxygen atoms in total. The summed E-state index contributed by atoms with van der Waals surface area (Å²) in [6.45, 7) is 4.01. The standard InChI is InChI=1S/C7H8/c1-4-5-6-7(2)3/h1,7H,2-3H3. The molecule has 0 aromatic rings. The number of hydrogen-bond acceptors (Lipinski definition) is 0. The average molecular weight is 92.1 g/mol. The predicted octanol–water partition coefficient (Wildman–Crippen LogP) is 1.28. The smallest absolute Gasteiger partial charge is 0.0156 e. The monoisotopic (exact) mass is 92.1 g/mol. The molecular formula is C7H8. The molecule has 0 bridgehead atoms. The molecule has 0 saturated carbocycles. The van der Waals surface area contributed by atoms with Crippen LogP contribution in [0.5, 0.6) is 0 Å². The second-order valence-electron chi connectivity index (χ2n) is 1.57. The highest BCUT2D eigenvalue weighted by Crippen LogP contribution is 1.83. The van der Waals surface area contributed by atoms with Crippen LogP contribution < -0.4 is 0 Å². The molecule has 0 aliphatic rings. The zero-order chi connectivity index (χ0) is 5.70. The van der Waals surface area contributed by atoms with Crippen LogP contribution in [0.15, 0.2) is 0 Å². The summed E-state index contributed by atoms with van der Waals surface area (Å²) in [6, 6.07) is 0. The lowest BCUT2D eigenvalue weighted by Crippen LogP contribution is -1.75. The molecule has 0 unspecified atom stereocenters. The fourth-order valence-corrected chi connectivity index (χ4v) is 0.186. The van der Waals surface area contributed by atoms with Crippen LogP contribution in [0.1, 0.15) is 13.8 Å². The normalized spacial score (nSPS) is 6.57. The predicted molar refractivity (Wildman–Crippen MR) is 31.4 cm³/mol. The van der Waals surface area contributed by atoms with Crippen LogP contribution >= 0.6 is 0 Å². The van der Waals surface area contributed by atoms with Gasteiger partial charge in [0.15, 0.2) is 0 Å². The van der Waals surface area contributed by atoms with E-state index in [-0.39, 0.29) is 0 Å². The Hall–Kier alpha value is -0.880. The lowest BCUT2D eigenvalue weighted by Gasteiger charge is -1.81. The number of hydrogen-bond donors (Lipinski definition) is 0. The van der Waals surface area contributed by atoms with Crippen LogP contribution in [-0.4, -0.2) is 0 Å². The van der Waals surface area contributed by atoms with Gasteiger partial charge in [-0.25, -0.2) is 0 Å². The van der Waals surface area contributed by atoms with E-state index >= 15 is 0 Å². The van der Waals surface area contributed by atoms with Crippen molar-refractivity contribution in [2.45, 2.75) is 13.8 Å². The van der Waals surface area contributed by atoms with Crippen molar-refractivity contribution in [2.75, 3.05) is 0 Å². The van der Waals surface area contributed by atoms with Gasteiger partial charge in [-0.1, -0.05) is 19.8 Å². The van der Waals surface area contributed by atoms with Crippen molar-refractivity contribution in [3.63, 3.8) is 0 Å². The van der Waals surface area contributed by atoms with Crippen molar-refractivity contribution in [1.82, 2.24) is 0 Å². The Morgan fingerprint density at radius 1 is 1.43 bits per heavy atom. The topological polar surface area (TPSA) is 0 Å². The first-order chi connectivity index (χ1) is 3.27. The molecule has 0 radical (unpaired) electrons. The Balaban J connectivity index is 3.50. The van der Waals surface area contributed by atoms with E-state index in [1.165, 1.54) is 0 Å². The van der Waals surface area contributed by atoms with E-state index in [9.17, 15) is 0 Å². The lowest BCUT2D eigenvalue weighted by atomic mass is 10.2. The Labute approximate surface area is 44.9 Å². The maximum atomic E-state index is 4.85. The van der Waals surface area contributed by atoms with Gasteiger partial charge in [0.1, 0.15) is 0 Å². The van der Waals surface area contributed by atoms with Crippen LogP contribution in [0.4, 0.5) is 0 Å². The van der Waals surface area contributed by atoms with E-state index in [0.717, 1.165) is 0 Å². The van der Waals surface area contributed by atoms with E-state index in [0.29, 0.717) is 5.92 Å². The fourth-order valence-electron chi connectivity index (χ4n) is 0.186. The van der Waals surface area contributed by atoms with Gasteiger partial charge in [0.05, 0.1) is 0 Å². The molecule has 0 aliphatic carbocycles. The molecule has 36 valence electrons. The van der Waals surface area contributed by atoms with Crippen LogP contribution in [0, 0.1) is 30.1 Å². The highest BCUT2D eigenvalue weighted by Gasteiger charge is 1.76. The van der Waals surface area contributed by atoms with Crippen molar-refractivity contribution in [2.24, 2.45) is 5.92 Å². The minimum atomic E-state index is 0.399. The van der Waals surface area contributed by atoms with Gasteiger partial charge < -0.3 is 0 Å². The molecule has 0 N–H and O–H groups in total. The number of rotatable bonds is 0. The highest BCUT2D eigenvalue weighted by molar-refractivity contribution is 5.22. The minimum absolute atomic E-state index is 0.399. The molecule has 0 aromatic heterocycles. The van der Waals surface area contributed by atoms with Crippen LogP contribution in [-0.2, 0) is 0 Å². The maximum absolute atomic E-state index is 4.85. The van der Waals surface area contributed by atoms with Crippen molar-refractivity contribution >= 4 is 0 Å². The zero-order valence-corrected chi connectivity index (χ0v) is 4.65. The molecule has 0 spiro atoms. The largest absolute Gasteiger partial charge is 0.106 e. The minimum Gasteiger partial charge on any atom is -0.106 e. The van der Waals surface area contributed by atoms with Crippen LogP contribution in [0.3, 0.4) is 0 Å². The molecule has 0 aliphatic heterocycles. The SMILES string of the molecule is C#CC#CC(C)C. The average Bonchev–Trinajstić information content (AvgIpc) is 1.61. The summed E-state index contributed by atoms with van der Waals surface area (Å²) in [5.41, 5.74) is 0. The van der Waals surface area contributed by atoms with Gasteiger partial charge in [0.25, 0.3) is 0 Å². The third-order valence-electron chi connectivity index (χ3n) is 0.433. The van der Waals surface area contributed by atoms with Gasteiger partial charge in [0.2, 0.25) is 0 Å². The Kier molecular flexibility index (Phi) is 2.90. The van der Waals surface area contributed by atoms with Crippen molar-refractivity contribution in [3.05, 3.63) is 0 Å². The number of terminal acetylenes is 1. The second-order valence-corrected chi connectivity index (χ2v) is 1.57. The molecule has 0 fully saturated rings. The van der Waals surface area contributed by atoms with Crippen molar-refractivity contribution in [3.8, 4) is 24.2 Å². The molecule has 0 aromatic carbocycles. The first kappa shape index (κ1) is 6.12. The van der Waals surface area contributed by atoms with Gasteiger partial charge in [-0.05, 0) is 11.8 Å². The summed E-state index contributed by atoms with van der Waals surface area (Å²) in [4.78, 5) is 0. The molecule has 0 rings (SSSR count). The highest BCUT2D eigenvalue weighted by atomic mass is 13.8. The second kappa shape index (κ2) is 3.32. The van der Waals surface area contributed by atoms with E-state index in [1.54, 1.807) is 0 Å². The van der Waals surface area contributed by atoms with E-state index < -0.39 is 0 Å². The summed E-state index contributed by atoms with van der Waals surface area (Å²) in [6.07, 6.45) is 4.85. The van der Waals surface area contributed by atoms with Gasteiger partial charge in [-0.2, -0.15) is 0 Å². The molecule has 7 heavy (non-hydrogen) atoms. The Morgan fingerprint density at radius 2 is 2.00 bits per heavy atom. The van der Waals surface area contributed by atoms with Gasteiger partial charge in [-0.15, -0.1) is 6.42 Å². The maximum Gasteiger partial charge on any atom is 0.0156 e. The first-order valence-corrected chi connectivity index (χ1v) is 2.23. The summed E-state index contributed by atoms with van der Waals surface area (Å²) >= 11 is 0. The van der Waals surface area contributed by atoms with Crippen LogP contribution in [0.2, 0.25) is 0 Å². The van der Waals surface area contributed by atoms with Gasteiger partial charge in [-0.3, -0.25) is 0 Å². The van der Waals surface area contributed by atoms with Gasteiger partial charge in [0, 0.05) is 5.92 Å². The summed E-state index contributed by atoms with van der Waals surface area (Å²) in [5.74, 6) is 7.97. The summed E-state index contributed by atoms with van der Waals surface area (Å²) < 4.78 is 0. The van der Waals surface area contributed by atoms with Crippen molar-refractivity contribution in [1.29, 1.82) is 0 Å². The first-order valence-electron chi connectivity index (χ1n) is 2.23. The lowest BCUT2D eigenvalue weighted by molar-refractivity contribution is 0.867. The summed E-state index contributed by atoms with van der Waals surface area (Å²) in [7, 11) is 0. The van der Waals surface area contributed by atoms with Crippen LogP contribution in [0.25, 0.3) is 0 Å². The van der Waals surface area contributed by atoms with Crippen molar-refractivity contribution < 1.29 is 0 Å². The quantitative estimate of drug-likeness (QED) is 0.395. The van der Waals surface area contributed by atoms with E-state index in [1.807, 2.05) is 13.8 Å². The zero-order valence-electron chi connectivity index (χ0n) is 4.65. The Morgan fingerprint density at radius 3 is 2.14 bits per heavy atom. The molecular weight excluding hydrogens is 84.1 g/mol. The molecule has 0 saturated heterocycles. The van der Waals surface area contributed by atoms with E-state index in [4.69, 9.17) is 6.42 Å². The van der Waals surface area contributed by atoms with E-state index in [2.05, 4.69) is 17.8 Å². The molecule has 0 atom stereocenters. The fraction of sp³-hybridized carbons (Fsp3) is 0.429. The Bertz CT molecular complexity index is 124. The molecule has 0 heterocycles. The third-order valence-corrected chi connectivity index (χ3v) is 0.433. The third kappa shape index (κ3) is 5.12. The van der Waals surface area contributed by atoms with Gasteiger partial charge >= 0.3 is 0 Å². The summed E-state index contributed by atoms with van der Waals surface area (Å²) in [5, 5.41) is 0. The molecule has 0 amide bonds.